The Morgan fingerprint density at radius 1 is 1.21 bits per heavy atom. The van der Waals surface area contributed by atoms with Crippen molar-refractivity contribution in [3.8, 4) is 0 Å². The van der Waals surface area contributed by atoms with E-state index in [2.05, 4.69) is 25.5 Å². The van der Waals surface area contributed by atoms with Gasteiger partial charge in [-0.2, -0.15) is 0 Å². The van der Waals surface area contributed by atoms with Crippen molar-refractivity contribution in [2.24, 2.45) is 0 Å². The molecule has 0 atom stereocenters. The van der Waals surface area contributed by atoms with Crippen LogP contribution in [0.5, 0.6) is 0 Å². The van der Waals surface area contributed by atoms with E-state index in [4.69, 9.17) is 0 Å². The summed E-state index contributed by atoms with van der Waals surface area (Å²) in [4.78, 5) is 11.3. The minimum atomic E-state index is 0.717. The highest BCUT2D eigenvalue weighted by molar-refractivity contribution is 5.26. The molecule has 1 aliphatic heterocycles. The van der Waals surface area contributed by atoms with Gasteiger partial charge in [-0.25, -0.2) is 9.97 Å². The van der Waals surface area contributed by atoms with Crippen LogP contribution in [0.3, 0.4) is 0 Å². The minimum absolute atomic E-state index is 0.717. The van der Waals surface area contributed by atoms with Crippen LogP contribution in [0.4, 0.5) is 5.95 Å². The lowest BCUT2D eigenvalue weighted by molar-refractivity contribution is 0.249. The van der Waals surface area contributed by atoms with E-state index in [1.807, 2.05) is 12.4 Å². The van der Waals surface area contributed by atoms with Gasteiger partial charge in [-0.3, -0.25) is 4.90 Å². The Labute approximate surface area is 114 Å². The number of piperazine rings is 1. The fourth-order valence-electron chi connectivity index (χ4n) is 2.64. The molecule has 0 amide bonds. The number of nitrogens with one attached hydrogen (secondary N) is 2. The summed E-state index contributed by atoms with van der Waals surface area (Å²) in [5.41, 5.74) is 1.30. The largest absolute Gasteiger partial charge is 0.353 e. The van der Waals surface area contributed by atoms with Gasteiger partial charge in [-0.05, 0) is 24.3 Å². The first-order chi connectivity index (χ1) is 9.42. The zero-order chi connectivity index (χ0) is 12.9. The quantitative estimate of drug-likeness (QED) is 0.830. The highest BCUT2D eigenvalue weighted by atomic mass is 15.2. The first-order valence-electron chi connectivity index (χ1n) is 7.41. The van der Waals surface area contributed by atoms with E-state index in [0.717, 1.165) is 51.1 Å². The van der Waals surface area contributed by atoms with Crippen molar-refractivity contribution in [2.75, 3.05) is 44.6 Å². The summed E-state index contributed by atoms with van der Waals surface area (Å²) in [5, 5.41) is 6.67. The van der Waals surface area contributed by atoms with E-state index < -0.39 is 0 Å². The third-order valence-corrected chi connectivity index (χ3v) is 4.17. The third-order valence-electron chi connectivity index (χ3n) is 4.17. The summed E-state index contributed by atoms with van der Waals surface area (Å²) < 4.78 is 0. The van der Waals surface area contributed by atoms with Crippen molar-refractivity contribution in [3.63, 3.8) is 0 Å². The lowest BCUT2D eigenvalue weighted by Crippen LogP contribution is -2.45. The van der Waals surface area contributed by atoms with Crippen LogP contribution in [0, 0.1) is 0 Å². The molecule has 5 heteroatoms. The third kappa shape index (κ3) is 3.42. The maximum absolute atomic E-state index is 4.41. The maximum atomic E-state index is 4.41. The van der Waals surface area contributed by atoms with E-state index in [1.165, 1.54) is 24.8 Å². The molecule has 1 saturated heterocycles. The molecule has 0 unspecified atom stereocenters. The van der Waals surface area contributed by atoms with E-state index in [0.29, 0.717) is 0 Å². The van der Waals surface area contributed by atoms with Crippen molar-refractivity contribution in [1.82, 2.24) is 20.2 Å². The van der Waals surface area contributed by atoms with Gasteiger partial charge in [-0.15, -0.1) is 0 Å². The maximum Gasteiger partial charge on any atom is 0.222 e. The standard InChI is InChI=1S/C14H23N5/c1-2-12(3-1)13-10-17-14(18-11-13)16-6-9-19-7-4-15-5-8-19/h10-12,15H,1-9H2,(H,16,17,18). The van der Waals surface area contributed by atoms with Crippen LogP contribution >= 0.6 is 0 Å². The van der Waals surface area contributed by atoms with Gasteiger partial charge < -0.3 is 10.6 Å². The lowest BCUT2D eigenvalue weighted by atomic mass is 9.81. The Morgan fingerprint density at radius 3 is 2.58 bits per heavy atom. The molecule has 1 aromatic heterocycles. The van der Waals surface area contributed by atoms with Gasteiger partial charge in [0, 0.05) is 51.7 Å². The van der Waals surface area contributed by atoms with Gasteiger partial charge in [0.2, 0.25) is 5.95 Å². The predicted molar refractivity (Wildman–Crippen MR) is 76.4 cm³/mol. The monoisotopic (exact) mass is 261 g/mol. The topological polar surface area (TPSA) is 53.1 Å². The molecule has 5 nitrogen and oxygen atoms in total. The first kappa shape index (κ1) is 12.8. The van der Waals surface area contributed by atoms with Crippen molar-refractivity contribution in [3.05, 3.63) is 18.0 Å². The second-order valence-electron chi connectivity index (χ2n) is 5.49. The molecule has 2 N–H and O–H groups in total. The molecule has 3 rings (SSSR count). The van der Waals surface area contributed by atoms with E-state index in [9.17, 15) is 0 Å². The van der Waals surface area contributed by atoms with Gasteiger partial charge in [0.1, 0.15) is 0 Å². The number of hydrogen-bond donors (Lipinski definition) is 2. The van der Waals surface area contributed by atoms with Crippen LogP contribution in [0.25, 0.3) is 0 Å². The Hall–Kier alpha value is -1.20. The van der Waals surface area contributed by atoms with Crippen LogP contribution in [0.2, 0.25) is 0 Å². The Morgan fingerprint density at radius 2 is 1.95 bits per heavy atom. The average Bonchev–Trinajstić information content (AvgIpc) is 2.40. The molecule has 19 heavy (non-hydrogen) atoms. The molecule has 2 heterocycles. The zero-order valence-corrected chi connectivity index (χ0v) is 11.4. The second-order valence-corrected chi connectivity index (χ2v) is 5.49. The molecule has 1 aliphatic carbocycles. The summed E-state index contributed by atoms with van der Waals surface area (Å²) in [5.74, 6) is 1.48. The van der Waals surface area contributed by atoms with Gasteiger partial charge in [-0.1, -0.05) is 6.42 Å². The van der Waals surface area contributed by atoms with E-state index in [1.54, 1.807) is 0 Å². The summed E-state index contributed by atoms with van der Waals surface area (Å²) in [6, 6.07) is 0. The minimum Gasteiger partial charge on any atom is -0.353 e. The summed E-state index contributed by atoms with van der Waals surface area (Å²) >= 11 is 0. The predicted octanol–water partition coefficient (Wildman–Crippen LogP) is 1.06. The molecule has 0 bridgehead atoms. The molecule has 0 spiro atoms. The van der Waals surface area contributed by atoms with Crippen molar-refractivity contribution in [1.29, 1.82) is 0 Å². The molecule has 1 aromatic rings. The van der Waals surface area contributed by atoms with Crippen LogP contribution in [0.15, 0.2) is 12.4 Å². The number of anilines is 1. The Balaban J connectivity index is 1.41. The zero-order valence-electron chi connectivity index (χ0n) is 11.4. The highest BCUT2D eigenvalue weighted by Gasteiger charge is 2.19. The fraction of sp³-hybridized carbons (Fsp3) is 0.714. The lowest BCUT2D eigenvalue weighted by Gasteiger charge is -2.27. The number of nitrogens with zero attached hydrogens (tertiary/aromatic N) is 3. The molecule has 2 aliphatic rings. The number of hydrogen-bond acceptors (Lipinski definition) is 5. The number of aromatic nitrogens is 2. The second kappa shape index (κ2) is 6.30. The summed E-state index contributed by atoms with van der Waals surface area (Å²) in [6.07, 6.45) is 7.95. The average molecular weight is 261 g/mol. The molecule has 0 aromatic carbocycles. The van der Waals surface area contributed by atoms with Gasteiger partial charge >= 0.3 is 0 Å². The Bertz CT molecular complexity index is 381. The highest BCUT2D eigenvalue weighted by Crippen LogP contribution is 2.35. The van der Waals surface area contributed by atoms with Crippen molar-refractivity contribution in [2.45, 2.75) is 25.2 Å². The molecular weight excluding hydrogens is 238 g/mol. The Kier molecular flexibility index (Phi) is 4.25. The van der Waals surface area contributed by atoms with Gasteiger partial charge in [0.05, 0.1) is 0 Å². The van der Waals surface area contributed by atoms with Crippen LogP contribution in [-0.4, -0.2) is 54.1 Å². The molecule has 2 fully saturated rings. The van der Waals surface area contributed by atoms with Crippen molar-refractivity contribution >= 4 is 5.95 Å². The smallest absolute Gasteiger partial charge is 0.222 e. The SMILES string of the molecule is c1nc(NCCN2CCNCC2)ncc1C1CCC1. The molecule has 1 saturated carbocycles. The van der Waals surface area contributed by atoms with Crippen molar-refractivity contribution < 1.29 is 0 Å². The van der Waals surface area contributed by atoms with Crippen LogP contribution < -0.4 is 10.6 Å². The summed E-state index contributed by atoms with van der Waals surface area (Å²) in [7, 11) is 0. The molecule has 104 valence electrons. The molecule has 0 radical (unpaired) electrons. The van der Waals surface area contributed by atoms with Crippen LogP contribution in [-0.2, 0) is 0 Å². The van der Waals surface area contributed by atoms with E-state index >= 15 is 0 Å². The van der Waals surface area contributed by atoms with Gasteiger partial charge in [0.25, 0.3) is 0 Å². The van der Waals surface area contributed by atoms with E-state index in [-0.39, 0.29) is 0 Å². The van der Waals surface area contributed by atoms with Gasteiger partial charge in [0.15, 0.2) is 0 Å². The number of rotatable bonds is 5. The van der Waals surface area contributed by atoms with Crippen LogP contribution in [0.1, 0.15) is 30.7 Å². The fourth-order valence-corrected chi connectivity index (χ4v) is 2.64. The summed E-state index contributed by atoms with van der Waals surface area (Å²) in [6.45, 7) is 6.48. The normalized spacial score (nSPS) is 21.1. The first-order valence-corrected chi connectivity index (χ1v) is 7.41. The molecular formula is C14H23N5.